The van der Waals surface area contributed by atoms with Crippen LogP contribution in [0.15, 0.2) is 30.3 Å². The van der Waals surface area contributed by atoms with E-state index in [1.165, 1.54) is 0 Å². The van der Waals surface area contributed by atoms with Gasteiger partial charge < -0.3 is 5.11 Å². The lowest BCUT2D eigenvalue weighted by Gasteiger charge is -2.08. The molecule has 0 saturated carbocycles. The van der Waals surface area contributed by atoms with Gasteiger partial charge >= 0.3 is 0 Å². The zero-order valence-electron chi connectivity index (χ0n) is 8.89. The minimum atomic E-state index is 0.00453. The number of rotatable bonds is 6. The number of aliphatic hydroxyl groups is 1. The maximum absolute atomic E-state index is 9.04. The van der Waals surface area contributed by atoms with Crippen LogP contribution in [0, 0.1) is 11.3 Å². The molecule has 15 heavy (non-hydrogen) atoms. The Morgan fingerprint density at radius 3 is 2.47 bits per heavy atom. The van der Waals surface area contributed by atoms with Gasteiger partial charge in [0, 0.05) is 6.61 Å². The highest BCUT2D eigenvalue weighted by Crippen LogP contribution is 2.21. The molecule has 1 N–H and O–H groups in total. The van der Waals surface area contributed by atoms with Gasteiger partial charge in [0.2, 0.25) is 0 Å². The normalized spacial score (nSPS) is 12.0. The van der Waals surface area contributed by atoms with Gasteiger partial charge in [0.15, 0.2) is 0 Å². The molecule has 0 saturated heterocycles. The molecular weight excluding hydrogens is 186 g/mol. The molecule has 0 aliphatic carbocycles. The Morgan fingerprint density at radius 1 is 1.13 bits per heavy atom. The second-order valence-electron chi connectivity index (χ2n) is 3.67. The summed E-state index contributed by atoms with van der Waals surface area (Å²) in [5, 5.41) is 17.7. The molecule has 2 heteroatoms. The van der Waals surface area contributed by atoms with E-state index in [-0.39, 0.29) is 12.5 Å². The van der Waals surface area contributed by atoms with E-state index in [9.17, 15) is 0 Å². The second-order valence-corrected chi connectivity index (χ2v) is 3.67. The summed E-state index contributed by atoms with van der Waals surface area (Å²) in [6.45, 7) is 0.253. The summed E-state index contributed by atoms with van der Waals surface area (Å²) >= 11 is 0. The molecule has 0 aliphatic rings. The van der Waals surface area contributed by atoms with Crippen LogP contribution in [0.1, 0.15) is 37.2 Å². The van der Waals surface area contributed by atoms with E-state index in [1.54, 1.807) is 0 Å². The Bertz CT molecular complexity index is 302. The quantitative estimate of drug-likeness (QED) is 0.722. The fraction of sp³-hybridized carbons (Fsp3) is 0.462. The van der Waals surface area contributed by atoms with Crippen molar-refractivity contribution in [3.63, 3.8) is 0 Å². The third-order valence-electron chi connectivity index (χ3n) is 2.51. The van der Waals surface area contributed by atoms with Gasteiger partial charge in [0.1, 0.15) is 0 Å². The first-order valence-electron chi connectivity index (χ1n) is 5.44. The summed E-state index contributed by atoms with van der Waals surface area (Å²) in [6.07, 6.45) is 3.74. The van der Waals surface area contributed by atoms with Crippen molar-refractivity contribution in [1.29, 1.82) is 5.26 Å². The summed E-state index contributed by atoms with van der Waals surface area (Å²) in [6, 6.07) is 12.2. The highest BCUT2D eigenvalue weighted by molar-refractivity contribution is 5.24. The van der Waals surface area contributed by atoms with Gasteiger partial charge in [-0.2, -0.15) is 5.26 Å². The highest BCUT2D eigenvalue weighted by Gasteiger charge is 2.08. The van der Waals surface area contributed by atoms with E-state index in [1.807, 2.05) is 30.3 Å². The van der Waals surface area contributed by atoms with Crippen LogP contribution in [0.3, 0.4) is 0 Å². The van der Waals surface area contributed by atoms with Crippen LogP contribution in [0.4, 0.5) is 0 Å². The molecule has 0 aliphatic heterocycles. The summed E-state index contributed by atoms with van der Waals surface area (Å²) in [5.74, 6) is 0.00453. The number of benzene rings is 1. The third kappa shape index (κ3) is 4.14. The van der Waals surface area contributed by atoms with Crippen molar-refractivity contribution in [3.8, 4) is 6.07 Å². The number of unbranched alkanes of at least 4 members (excludes halogenated alkanes) is 2. The topological polar surface area (TPSA) is 44.0 Å². The first kappa shape index (κ1) is 11.7. The smallest absolute Gasteiger partial charge is 0.0712 e. The maximum atomic E-state index is 9.04. The highest BCUT2D eigenvalue weighted by atomic mass is 16.2. The molecule has 1 aromatic rings. The van der Waals surface area contributed by atoms with Crippen molar-refractivity contribution in [2.45, 2.75) is 31.6 Å². The van der Waals surface area contributed by atoms with Crippen LogP contribution in [-0.2, 0) is 0 Å². The number of nitriles is 1. The van der Waals surface area contributed by atoms with Crippen molar-refractivity contribution in [2.75, 3.05) is 6.61 Å². The first-order valence-corrected chi connectivity index (χ1v) is 5.44. The predicted octanol–water partition coefficient (Wildman–Crippen LogP) is 2.85. The fourth-order valence-corrected chi connectivity index (χ4v) is 1.63. The van der Waals surface area contributed by atoms with Crippen molar-refractivity contribution < 1.29 is 5.11 Å². The van der Waals surface area contributed by atoms with Gasteiger partial charge in [0.25, 0.3) is 0 Å². The van der Waals surface area contributed by atoms with Crippen LogP contribution in [0.2, 0.25) is 0 Å². The molecule has 0 heterocycles. The molecule has 0 radical (unpaired) electrons. The van der Waals surface area contributed by atoms with Crippen LogP contribution in [0.5, 0.6) is 0 Å². The van der Waals surface area contributed by atoms with E-state index < -0.39 is 0 Å². The zero-order chi connectivity index (χ0) is 10.9. The van der Waals surface area contributed by atoms with Crippen LogP contribution in [0.25, 0.3) is 0 Å². The molecule has 1 aromatic carbocycles. The monoisotopic (exact) mass is 203 g/mol. The molecule has 0 amide bonds. The molecule has 2 nitrogen and oxygen atoms in total. The van der Waals surface area contributed by atoms with Gasteiger partial charge in [0.05, 0.1) is 12.0 Å². The lowest BCUT2D eigenvalue weighted by atomic mass is 9.95. The lowest BCUT2D eigenvalue weighted by Crippen LogP contribution is -1.96. The minimum Gasteiger partial charge on any atom is -0.396 e. The Balaban J connectivity index is 2.41. The Hall–Kier alpha value is -1.33. The van der Waals surface area contributed by atoms with Crippen LogP contribution < -0.4 is 0 Å². The average Bonchev–Trinajstić information content (AvgIpc) is 2.30. The number of hydrogen-bond donors (Lipinski definition) is 1. The van der Waals surface area contributed by atoms with Crippen molar-refractivity contribution in [3.05, 3.63) is 35.9 Å². The van der Waals surface area contributed by atoms with Gasteiger partial charge in [-0.25, -0.2) is 0 Å². The molecule has 0 fully saturated rings. The molecule has 0 spiro atoms. The molecule has 1 rings (SSSR count). The van der Waals surface area contributed by atoms with E-state index in [0.29, 0.717) is 0 Å². The van der Waals surface area contributed by atoms with Crippen LogP contribution >= 0.6 is 0 Å². The molecule has 1 unspecified atom stereocenters. The third-order valence-corrected chi connectivity index (χ3v) is 2.51. The van der Waals surface area contributed by atoms with E-state index in [2.05, 4.69) is 6.07 Å². The van der Waals surface area contributed by atoms with Gasteiger partial charge in [-0.1, -0.05) is 43.2 Å². The molecular formula is C13H17NO. The van der Waals surface area contributed by atoms with E-state index in [0.717, 1.165) is 31.2 Å². The van der Waals surface area contributed by atoms with Crippen molar-refractivity contribution in [2.24, 2.45) is 0 Å². The largest absolute Gasteiger partial charge is 0.396 e. The SMILES string of the molecule is N#CC(CCCCCO)c1ccccc1. The summed E-state index contributed by atoms with van der Waals surface area (Å²) in [4.78, 5) is 0. The number of hydrogen-bond acceptors (Lipinski definition) is 2. The fourth-order valence-electron chi connectivity index (χ4n) is 1.63. The summed E-state index contributed by atoms with van der Waals surface area (Å²) in [5.41, 5.74) is 1.10. The number of aliphatic hydroxyl groups excluding tert-OH is 1. The Labute approximate surface area is 91.2 Å². The molecule has 1 atom stereocenters. The maximum Gasteiger partial charge on any atom is 0.0712 e. The van der Waals surface area contributed by atoms with Gasteiger partial charge in [-0.3, -0.25) is 0 Å². The first-order chi connectivity index (χ1) is 7.38. The van der Waals surface area contributed by atoms with Crippen molar-refractivity contribution in [1.82, 2.24) is 0 Å². The zero-order valence-corrected chi connectivity index (χ0v) is 8.89. The minimum absolute atomic E-state index is 0.00453. The van der Waals surface area contributed by atoms with Gasteiger partial charge in [-0.05, 0) is 18.4 Å². The predicted molar refractivity (Wildman–Crippen MR) is 60.3 cm³/mol. The van der Waals surface area contributed by atoms with Crippen LogP contribution in [-0.4, -0.2) is 11.7 Å². The molecule has 80 valence electrons. The Morgan fingerprint density at radius 2 is 1.87 bits per heavy atom. The molecule has 0 bridgehead atoms. The van der Waals surface area contributed by atoms with Crippen molar-refractivity contribution >= 4 is 0 Å². The lowest BCUT2D eigenvalue weighted by molar-refractivity contribution is 0.282. The van der Waals surface area contributed by atoms with Gasteiger partial charge in [-0.15, -0.1) is 0 Å². The average molecular weight is 203 g/mol. The molecule has 0 aromatic heterocycles. The van der Waals surface area contributed by atoms with E-state index in [4.69, 9.17) is 10.4 Å². The summed E-state index contributed by atoms with van der Waals surface area (Å²) in [7, 11) is 0. The van der Waals surface area contributed by atoms with E-state index >= 15 is 0 Å². The second kappa shape index (κ2) is 7.03. The summed E-state index contributed by atoms with van der Waals surface area (Å²) < 4.78 is 0. The number of nitrogens with zero attached hydrogens (tertiary/aromatic N) is 1. The standard InChI is InChI=1S/C13H17NO/c14-11-13(9-5-2-6-10-15)12-7-3-1-4-8-12/h1,3-4,7-8,13,15H,2,5-6,9-10H2. The Kier molecular flexibility index (Phi) is 5.50.